The van der Waals surface area contributed by atoms with E-state index in [0.29, 0.717) is 17.3 Å². The van der Waals surface area contributed by atoms with Crippen molar-refractivity contribution in [1.29, 1.82) is 0 Å². The van der Waals surface area contributed by atoms with Gasteiger partial charge in [-0.15, -0.1) is 0 Å². The van der Waals surface area contributed by atoms with Gasteiger partial charge in [0.15, 0.2) is 11.6 Å². The normalized spacial score (nSPS) is 10.9. The molecule has 1 N–H and O–H groups in total. The van der Waals surface area contributed by atoms with Crippen molar-refractivity contribution in [3.05, 3.63) is 77.0 Å². The molecule has 0 unspecified atom stereocenters. The summed E-state index contributed by atoms with van der Waals surface area (Å²) in [4.78, 5) is 30.0. The van der Waals surface area contributed by atoms with Crippen LogP contribution in [0.1, 0.15) is 33.2 Å². The van der Waals surface area contributed by atoms with E-state index in [1.807, 2.05) is 19.1 Å². The number of rotatable bonds is 6. The number of aryl methyl sites for hydroxylation is 1. The molecular weight excluding hydrogens is 446 g/mol. The minimum atomic E-state index is -1.05. The topological polar surface area (TPSA) is 95.3 Å². The van der Waals surface area contributed by atoms with Gasteiger partial charge in [-0.1, -0.05) is 12.1 Å². The second-order valence-corrected chi connectivity index (χ2v) is 7.27. The van der Waals surface area contributed by atoms with Gasteiger partial charge in [-0.2, -0.15) is 9.78 Å². The maximum absolute atomic E-state index is 14.2. The molecule has 0 aliphatic heterocycles. The first-order chi connectivity index (χ1) is 16.3. The van der Waals surface area contributed by atoms with Crippen molar-refractivity contribution in [2.75, 3.05) is 19.0 Å². The Kier molecular flexibility index (Phi) is 6.22. The fourth-order valence-corrected chi connectivity index (χ4v) is 3.50. The molecule has 0 saturated heterocycles. The lowest BCUT2D eigenvalue weighted by atomic mass is 10.1. The summed E-state index contributed by atoms with van der Waals surface area (Å²) in [6.07, 6.45) is 1.22. The summed E-state index contributed by atoms with van der Waals surface area (Å²) in [5.74, 6) is -2.78. The molecule has 0 radical (unpaired) electrons. The quantitative estimate of drug-likeness (QED) is 0.422. The number of amides is 1. The van der Waals surface area contributed by atoms with Gasteiger partial charge in [-0.25, -0.2) is 18.6 Å². The van der Waals surface area contributed by atoms with Crippen LogP contribution in [0, 0.1) is 18.6 Å². The predicted molar refractivity (Wildman–Crippen MR) is 120 cm³/mol. The SMILES string of the molecule is CCOC(=O)c1cnn(-c2cc(C)c3cccc(OC)c3n2)c1NC(=O)c1ccc(F)cc1F. The van der Waals surface area contributed by atoms with Crippen LogP contribution in [0.3, 0.4) is 0 Å². The second kappa shape index (κ2) is 9.26. The first kappa shape index (κ1) is 22.8. The number of halogens is 2. The number of pyridine rings is 1. The number of anilines is 1. The Balaban J connectivity index is 1.86. The van der Waals surface area contributed by atoms with E-state index in [1.165, 1.54) is 18.0 Å². The Labute approximate surface area is 193 Å². The fourth-order valence-electron chi connectivity index (χ4n) is 3.50. The number of para-hydroxylation sites is 1. The zero-order chi connectivity index (χ0) is 24.4. The van der Waals surface area contributed by atoms with Crippen molar-refractivity contribution in [2.24, 2.45) is 0 Å². The molecule has 34 heavy (non-hydrogen) atoms. The van der Waals surface area contributed by atoms with Crippen LogP contribution in [-0.4, -0.2) is 40.4 Å². The summed E-state index contributed by atoms with van der Waals surface area (Å²) >= 11 is 0. The summed E-state index contributed by atoms with van der Waals surface area (Å²) in [5.41, 5.74) is 0.926. The van der Waals surface area contributed by atoms with Gasteiger partial charge in [0.1, 0.15) is 28.5 Å². The maximum atomic E-state index is 14.2. The van der Waals surface area contributed by atoms with Crippen molar-refractivity contribution in [3.8, 4) is 11.6 Å². The largest absolute Gasteiger partial charge is 0.494 e. The standard InChI is InChI=1S/C24H20F2N4O4/c1-4-34-24(32)17-12-27-30(22(17)29-23(31)16-9-8-14(25)11-18(16)26)20-10-13(2)15-6-5-7-19(33-3)21(15)28-20/h5-12H,4H2,1-3H3,(H,29,31). The van der Waals surface area contributed by atoms with Crippen LogP contribution < -0.4 is 10.1 Å². The number of nitrogens with zero attached hydrogens (tertiary/aromatic N) is 3. The molecule has 0 fully saturated rings. The van der Waals surface area contributed by atoms with Crippen LogP contribution >= 0.6 is 0 Å². The minimum absolute atomic E-state index is 0.0581. The molecule has 0 spiro atoms. The summed E-state index contributed by atoms with van der Waals surface area (Å²) < 4.78 is 39.2. The smallest absolute Gasteiger partial charge is 0.343 e. The number of carbonyl (C=O) groups excluding carboxylic acids is 2. The van der Waals surface area contributed by atoms with Crippen molar-refractivity contribution < 1.29 is 27.8 Å². The van der Waals surface area contributed by atoms with Crippen molar-refractivity contribution in [2.45, 2.75) is 13.8 Å². The van der Waals surface area contributed by atoms with Crippen molar-refractivity contribution in [1.82, 2.24) is 14.8 Å². The summed E-state index contributed by atoms with van der Waals surface area (Å²) in [5, 5.41) is 7.56. The molecule has 0 aliphatic rings. The van der Waals surface area contributed by atoms with Gasteiger partial charge in [-0.05, 0) is 43.7 Å². The lowest BCUT2D eigenvalue weighted by Crippen LogP contribution is -2.19. The Hall–Kier alpha value is -4.34. The minimum Gasteiger partial charge on any atom is -0.494 e. The summed E-state index contributed by atoms with van der Waals surface area (Å²) in [6, 6.07) is 9.76. The first-order valence-corrected chi connectivity index (χ1v) is 10.3. The first-order valence-electron chi connectivity index (χ1n) is 10.3. The number of carbonyl (C=O) groups is 2. The average Bonchev–Trinajstić information content (AvgIpc) is 3.22. The van der Waals surface area contributed by atoms with Crippen LogP contribution in [0.5, 0.6) is 5.75 Å². The third-order valence-electron chi connectivity index (χ3n) is 5.10. The fraction of sp³-hybridized carbons (Fsp3) is 0.167. The molecular formula is C24H20F2N4O4. The highest BCUT2D eigenvalue weighted by molar-refractivity contribution is 6.07. The van der Waals surface area contributed by atoms with E-state index in [-0.39, 0.29) is 23.8 Å². The Morgan fingerprint density at radius 2 is 1.91 bits per heavy atom. The second-order valence-electron chi connectivity index (χ2n) is 7.27. The van der Waals surface area contributed by atoms with Gasteiger partial charge in [-0.3, -0.25) is 4.79 Å². The number of fused-ring (bicyclic) bond motifs is 1. The van der Waals surface area contributed by atoms with E-state index in [4.69, 9.17) is 9.47 Å². The van der Waals surface area contributed by atoms with Gasteiger partial charge in [0.05, 0.1) is 25.5 Å². The van der Waals surface area contributed by atoms with Crippen molar-refractivity contribution >= 4 is 28.6 Å². The van der Waals surface area contributed by atoms with E-state index in [9.17, 15) is 18.4 Å². The van der Waals surface area contributed by atoms with Gasteiger partial charge in [0.25, 0.3) is 5.91 Å². The molecule has 10 heteroatoms. The Morgan fingerprint density at radius 3 is 2.62 bits per heavy atom. The zero-order valence-corrected chi connectivity index (χ0v) is 18.6. The lowest BCUT2D eigenvalue weighted by molar-refractivity contribution is 0.0527. The van der Waals surface area contributed by atoms with Crippen LogP contribution in [0.4, 0.5) is 14.6 Å². The Morgan fingerprint density at radius 1 is 1.12 bits per heavy atom. The van der Waals surface area contributed by atoms with Crippen LogP contribution in [0.15, 0.2) is 48.7 Å². The number of esters is 1. The lowest BCUT2D eigenvalue weighted by Gasteiger charge is -2.13. The molecule has 1 amide bonds. The highest BCUT2D eigenvalue weighted by Crippen LogP contribution is 2.29. The molecule has 8 nitrogen and oxygen atoms in total. The number of hydrogen-bond donors (Lipinski definition) is 1. The van der Waals surface area contributed by atoms with E-state index in [1.54, 1.807) is 19.1 Å². The molecule has 0 aliphatic carbocycles. The average molecular weight is 466 g/mol. The van der Waals surface area contributed by atoms with Crippen LogP contribution in [0.2, 0.25) is 0 Å². The third-order valence-corrected chi connectivity index (χ3v) is 5.10. The third kappa shape index (κ3) is 4.17. The molecule has 174 valence electrons. The highest BCUT2D eigenvalue weighted by Gasteiger charge is 2.24. The zero-order valence-electron chi connectivity index (χ0n) is 18.6. The number of hydrogen-bond acceptors (Lipinski definition) is 6. The van der Waals surface area contributed by atoms with E-state index >= 15 is 0 Å². The molecule has 2 heterocycles. The highest BCUT2D eigenvalue weighted by atomic mass is 19.1. The Bertz CT molecular complexity index is 1420. The summed E-state index contributed by atoms with van der Waals surface area (Å²) in [7, 11) is 1.52. The van der Waals surface area contributed by atoms with Gasteiger partial charge in [0, 0.05) is 11.5 Å². The van der Waals surface area contributed by atoms with Gasteiger partial charge >= 0.3 is 5.97 Å². The van der Waals surface area contributed by atoms with E-state index in [0.717, 1.165) is 23.1 Å². The molecule has 4 aromatic rings. The maximum Gasteiger partial charge on any atom is 0.343 e. The molecule has 2 aromatic heterocycles. The van der Waals surface area contributed by atoms with Crippen LogP contribution in [0.25, 0.3) is 16.7 Å². The van der Waals surface area contributed by atoms with E-state index in [2.05, 4.69) is 15.4 Å². The molecule has 4 rings (SSSR count). The van der Waals surface area contributed by atoms with Gasteiger partial charge < -0.3 is 14.8 Å². The molecule has 0 saturated carbocycles. The van der Waals surface area contributed by atoms with Crippen LogP contribution in [-0.2, 0) is 4.74 Å². The van der Waals surface area contributed by atoms with E-state index < -0.39 is 29.1 Å². The monoisotopic (exact) mass is 466 g/mol. The molecule has 2 aromatic carbocycles. The van der Waals surface area contributed by atoms with Gasteiger partial charge in [0.2, 0.25) is 0 Å². The van der Waals surface area contributed by atoms with Crippen molar-refractivity contribution in [3.63, 3.8) is 0 Å². The summed E-state index contributed by atoms with van der Waals surface area (Å²) in [6.45, 7) is 3.60. The number of aromatic nitrogens is 3. The molecule has 0 atom stereocenters. The number of benzene rings is 2. The predicted octanol–water partition coefficient (Wildman–Crippen LogP) is 4.44. The number of nitrogens with one attached hydrogen (secondary N) is 1. The number of ether oxygens (including phenoxy) is 2. The number of methoxy groups -OCH3 is 1. The molecule has 0 bridgehead atoms.